The molecule has 3 nitrogen and oxygen atoms in total. The Morgan fingerprint density at radius 2 is 2.23 bits per heavy atom. The van der Waals surface area contributed by atoms with Gasteiger partial charge in [-0.1, -0.05) is 25.4 Å². The topological polar surface area (TPSA) is 35.0 Å². The molecule has 0 unspecified atom stereocenters. The number of aromatic nitrogens is 2. The summed E-state index contributed by atoms with van der Waals surface area (Å²) >= 11 is 5.63. The number of rotatable bonds is 4. The van der Waals surface area contributed by atoms with Crippen molar-refractivity contribution in [3.63, 3.8) is 0 Å². The summed E-state index contributed by atoms with van der Waals surface area (Å²) < 4.78 is 5.34. The molecule has 0 aliphatic heterocycles. The fourth-order valence-electron chi connectivity index (χ4n) is 0.794. The van der Waals surface area contributed by atoms with Gasteiger partial charge >= 0.3 is 0 Å². The average Bonchev–Trinajstić information content (AvgIpc) is 2.03. The number of ether oxygens (including phenoxy) is 1. The summed E-state index contributed by atoms with van der Waals surface area (Å²) in [5.41, 5.74) is 0. The molecule has 0 aromatic carbocycles. The molecule has 1 rings (SSSR count). The van der Waals surface area contributed by atoms with Crippen LogP contribution in [0.2, 0.25) is 5.15 Å². The SMILES string of the molecule is CC(C)CCOc1cncc(Cl)n1. The Balaban J connectivity index is 2.37. The quantitative estimate of drug-likeness (QED) is 0.750. The smallest absolute Gasteiger partial charge is 0.233 e. The van der Waals surface area contributed by atoms with Crippen LogP contribution >= 0.6 is 11.6 Å². The van der Waals surface area contributed by atoms with Gasteiger partial charge < -0.3 is 4.74 Å². The van der Waals surface area contributed by atoms with Crippen molar-refractivity contribution in [2.45, 2.75) is 20.3 Å². The summed E-state index contributed by atoms with van der Waals surface area (Å²) in [7, 11) is 0. The number of nitrogens with zero attached hydrogens (tertiary/aromatic N) is 2. The minimum atomic E-state index is 0.363. The third kappa shape index (κ3) is 4.08. The molecule has 0 saturated heterocycles. The van der Waals surface area contributed by atoms with Crippen LogP contribution in [0.4, 0.5) is 0 Å². The zero-order valence-electron chi connectivity index (χ0n) is 7.83. The Morgan fingerprint density at radius 1 is 1.46 bits per heavy atom. The predicted octanol–water partition coefficient (Wildman–Crippen LogP) is 2.55. The largest absolute Gasteiger partial charge is 0.477 e. The van der Waals surface area contributed by atoms with Crippen LogP contribution in [0.1, 0.15) is 20.3 Å². The molecule has 0 aliphatic carbocycles. The number of hydrogen-bond acceptors (Lipinski definition) is 3. The molecule has 0 radical (unpaired) electrons. The Hall–Kier alpha value is -0.830. The van der Waals surface area contributed by atoms with E-state index < -0.39 is 0 Å². The van der Waals surface area contributed by atoms with E-state index >= 15 is 0 Å². The zero-order chi connectivity index (χ0) is 9.68. The molecule has 0 atom stereocenters. The van der Waals surface area contributed by atoms with Crippen LogP contribution in [-0.2, 0) is 0 Å². The fourth-order valence-corrected chi connectivity index (χ4v) is 0.934. The van der Waals surface area contributed by atoms with Crippen LogP contribution in [0.5, 0.6) is 5.88 Å². The maximum atomic E-state index is 5.63. The van der Waals surface area contributed by atoms with Crippen molar-refractivity contribution in [1.82, 2.24) is 9.97 Å². The van der Waals surface area contributed by atoms with Crippen LogP contribution in [-0.4, -0.2) is 16.6 Å². The zero-order valence-corrected chi connectivity index (χ0v) is 8.58. The van der Waals surface area contributed by atoms with Gasteiger partial charge in [-0.2, -0.15) is 4.98 Å². The van der Waals surface area contributed by atoms with Gasteiger partial charge in [0.15, 0.2) is 5.15 Å². The van der Waals surface area contributed by atoms with E-state index in [-0.39, 0.29) is 0 Å². The van der Waals surface area contributed by atoms with Crippen molar-refractivity contribution in [2.75, 3.05) is 6.61 Å². The van der Waals surface area contributed by atoms with Gasteiger partial charge in [-0.15, -0.1) is 0 Å². The van der Waals surface area contributed by atoms with Gasteiger partial charge in [0, 0.05) is 0 Å². The fraction of sp³-hybridized carbons (Fsp3) is 0.556. The summed E-state index contributed by atoms with van der Waals surface area (Å²) in [4.78, 5) is 7.81. The first-order valence-corrected chi connectivity index (χ1v) is 4.66. The normalized spacial score (nSPS) is 10.5. The molecule has 0 spiro atoms. The highest BCUT2D eigenvalue weighted by molar-refractivity contribution is 6.29. The molecular weight excluding hydrogens is 188 g/mol. The van der Waals surface area contributed by atoms with E-state index in [2.05, 4.69) is 23.8 Å². The van der Waals surface area contributed by atoms with Gasteiger partial charge in [0.05, 0.1) is 19.0 Å². The van der Waals surface area contributed by atoms with E-state index in [0.717, 1.165) is 6.42 Å². The first kappa shape index (κ1) is 10.3. The van der Waals surface area contributed by atoms with Crippen molar-refractivity contribution < 1.29 is 4.74 Å². The van der Waals surface area contributed by atoms with Gasteiger partial charge in [0.1, 0.15) is 0 Å². The summed E-state index contributed by atoms with van der Waals surface area (Å²) in [5, 5.41) is 0.363. The number of halogens is 1. The van der Waals surface area contributed by atoms with Crippen LogP contribution < -0.4 is 4.74 Å². The average molecular weight is 201 g/mol. The molecule has 0 N–H and O–H groups in total. The lowest BCUT2D eigenvalue weighted by Gasteiger charge is -2.06. The minimum Gasteiger partial charge on any atom is -0.477 e. The van der Waals surface area contributed by atoms with Crippen LogP contribution in [0.15, 0.2) is 12.4 Å². The van der Waals surface area contributed by atoms with Gasteiger partial charge in [-0.05, 0) is 12.3 Å². The molecule has 13 heavy (non-hydrogen) atoms. The molecular formula is C9H13ClN2O. The van der Waals surface area contributed by atoms with E-state index in [4.69, 9.17) is 16.3 Å². The lowest BCUT2D eigenvalue weighted by Crippen LogP contribution is -2.02. The van der Waals surface area contributed by atoms with Gasteiger partial charge in [0.2, 0.25) is 5.88 Å². The lowest BCUT2D eigenvalue weighted by molar-refractivity contribution is 0.278. The molecule has 1 aromatic heterocycles. The molecule has 1 aromatic rings. The standard InChI is InChI=1S/C9H13ClN2O/c1-7(2)3-4-13-9-6-11-5-8(10)12-9/h5-7H,3-4H2,1-2H3. The highest BCUT2D eigenvalue weighted by atomic mass is 35.5. The minimum absolute atomic E-state index is 0.363. The summed E-state index contributed by atoms with van der Waals surface area (Å²) in [6, 6.07) is 0. The Kier molecular flexibility index (Phi) is 3.96. The van der Waals surface area contributed by atoms with Crippen LogP contribution in [0.25, 0.3) is 0 Å². The first-order valence-electron chi connectivity index (χ1n) is 4.29. The van der Waals surface area contributed by atoms with Gasteiger partial charge in [-0.3, -0.25) is 4.98 Å². The monoisotopic (exact) mass is 200 g/mol. The molecule has 4 heteroatoms. The first-order chi connectivity index (χ1) is 6.18. The van der Waals surface area contributed by atoms with E-state index in [1.54, 1.807) is 6.20 Å². The van der Waals surface area contributed by atoms with Crippen molar-refractivity contribution in [3.05, 3.63) is 17.5 Å². The maximum Gasteiger partial charge on any atom is 0.233 e. The second kappa shape index (κ2) is 5.02. The summed E-state index contributed by atoms with van der Waals surface area (Å²) in [5.74, 6) is 1.13. The summed E-state index contributed by atoms with van der Waals surface area (Å²) in [6.45, 7) is 4.95. The highest BCUT2D eigenvalue weighted by Crippen LogP contribution is 2.10. The predicted molar refractivity (Wildman–Crippen MR) is 52.0 cm³/mol. The highest BCUT2D eigenvalue weighted by Gasteiger charge is 1.98. The molecule has 0 bridgehead atoms. The molecule has 1 heterocycles. The Bertz CT molecular complexity index is 266. The lowest BCUT2D eigenvalue weighted by atomic mass is 10.1. The molecule has 0 aliphatic rings. The Morgan fingerprint density at radius 3 is 2.85 bits per heavy atom. The Labute approximate surface area is 83.1 Å². The van der Waals surface area contributed by atoms with Gasteiger partial charge in [0.25, 0.3) is 0 Å². The third-order valence-corrected chi connectivity index (χ3v) is 1.71. The number of hydrogen-bond donors (Lipinski definition) is 0. The third-order valence-electron chi connectivity index (χ3n) is 1.53. The van der Waals surface area contributed by atoms with Crippen LogP contribution in [0, 0.1) is 5.92 Å². The molecule has 0 saturated carbocycles. The molecule has 0 amide bonds. The maximum absolute atomic E-state index is 5.63. The second-order valence-electron chi connectivity index (χ2n) is 3.21. The molecule has 72 valence electrons. The summed E-state index contributed by atoms with van der Waals surface area (Å²) in [6.07, 6.45) is 4.05. The van der Waals surface area contributed by atoms with E-state index in [1.165, 1.54) is 6.20 Å². The second-order valence-corrected chi connectivity index (χ2v) is 3.60. The van der Waals surface area contributed by atoms with Crippen molar-refractivity contribution in [2.24, 2.45) is 5.92 Å². The van der Waals surface area contributed by atoms with E-state index in [9.17, 15) is 0 Å². The van der Waals surface area contributed by atoms with E-state index in [0.29, 0.717) is 23.6 Å². The van der Waals surface area contributed by atoms with Gasteiger partial charge in [-0.25, -0.2) is 0 Å². The van der Waals surface area contributed by atoms with Crippen molar-refractivity contribution >= 4 is 11.6 Å². The van der Waals surface area contributed by atoms with Crippen molar-refractivity contribution in [3.8, 4) is 5.88 Å². The van der Waals surface area contributed by atoms with E-state index in [1.807, 2.05) is 0 Å². The molecule has 0 fully saturated rings. The van der Waals surface area contributed by atoms with Crippen LogP contribution in [0.3, 0.4) is 0 Å². The van der Waals surface area contributed by atoms with Crippen molar-refractivity contribution in [1.29, 1.82) is 0 Å².